The molecule has 68 valence electrons. The van der Waals surface area contributed by atoms with Crippen LogP contribution in [0.4, 0.5) is 0 Å². The fourth-order valence-corrected chi connectivity index (χ4v) is 2.64. The zero-order valence-corrected chi connectivity index (χ0v) is 7.88. The standard InChI is InChI=1S/C10H10O2S/c11-10(12)8-5-7-3-1-2-4-9(7)13-6-8/h1-4,8H,5-6H2,(H,11,12). The highest BCUT2D eigenvalue weighted by atomic mass is 32.2. The van der Waals surface area contributed by atoms with Crippen LogP contribution in [0.5, 0.6) is 0 Å². The van der Waals surface area contributed by atoms with Crippen molar-refractivity contribution in [2.45, 2.75) is 11.3 Å². The third kappa shape index (κ3) is 1.70. The highest BCUT2D eigenvalue weighted by Crippen LogP contribution is 2.32. The van der Waals surface area contributed by atoms with Gasteiger partial charge >= 0.3 is 5.97 Å². The molecule has 2 nitrogen and oxygen atoms in total. The highest BCUT2D eigenvalue weighted by Gasteiger charge is 2.23. The first kappa shape index (κ1) is 8.63. The highest BCUT2D eigenvalue weighted by molar-refractivity contribution is 7.99. The van der Waals surface area contributed by atoms with Gasteiger partial charge in [0.25, 0.3) is 0 Å². The number of fused-ring (bicyclic) bond motifs is 1. The number of benzene rings is 1. The van der Waals surface area contributed by atoms with E-state index in [0.29, 0.717) is 12.2 Å². The number of thioether (sulfide) groups is 1. The number of carboxylic acids is 1. The second-order valence-corrected chi connectivity index (χ2v) is 4.22. The number of hydrogen-bond acceptors (Lipinski definition) is 2. The maximum Gasteiger partial charge on any atom is 0.307 e. The number of carboxylic acid groups (broad SMARTS) is 1. The van der Waals surface area contributed by atoms with Crippen LogP contribution < -0.4 is 0 Å². The zero-order chi connectivity index (χ0) is 9.26. The van der Waals surface area contributed by atoms with Crippen LogP contribution in [0.1, 0.15) is 5.56 Å². The molecule has 1 N–H and O–H groups in total. The lowest BCUT2D eigenvalue weighted by molar-refractivity contribution is -0.140. The Kier molecular flexibility index (Phi) is 2.27. The van der Waals surface area contributed by atoms with Gasteiger partial charge in [-0.05, 0) is 18.1 Å². The molecule has 1 aliphatic rings. The van der Waals surface area contributed by atoms with E-state index in [9.17, 15) is 4.79 Å². The van der Waals surface area contributed by atoms with E-state index >= 15 is 0 Å². The summed E-state index contributed by atoms with van der Waals surface area (Å²) >= 11 is 1.64. The van der Waals surface area contributed by atoms with Crippen LogP contribution in [0, 0.1) is 5.92 Å². The number of carbonyl (C=O) groups is 1. The minimum absolute atomic E-state index is 0.208. The minimum Gasteiger partial charge on any atom is -0.481 e. The second-order valence-electron chi connectivity index (χ2n) is 3.16. The van der Waals surface area contributed by atoms with Gasteiger partial charge in [-0.3, -0.25) is 4.79 Å². The lowest BCUT2D eigenvalue weighted by Crippen LogP contribution is -2.22. The van der Waals surface area contributed by atoms with Crippen molar-refractivity contribution in [2.24, 2.45) is 5.92 Å². The third-order valence-electron chi connectivity index (χ3n) is 2.23. The Hall–Kier alpha value is -0.960. The van der Waals surface area contributed by atoms with Gasteiger partial charge < -0.3 is 5.11 Å². The van der Waals surface area contributed by atoms with E-state index in [0.717, 1.165) is 0 Å². The first-order chi connectivity index (χ1) is 6.27. The summed E-state index contributed by atoms with van der Waals surface area (Å²) in [6.07, 6.45) is 0.679. The van der Waals surface area contributed by atoms with Crippen LogP contribution in [0.15, 0.2) is 29.2 Å². The summed E-state index contributed by atoms with van der Waals surface area (Å²) in [5, 5.41) is 8.85. The molecule has 0 fully saturated rings. The van der Waals surface area contributed by atoms with Gasteiger partial charge in [-0.15, -0.1) is 11.8 Å². The average Bonchev–Trinajstić information content (AvgIpc) is 2.17. The molecule has 13 heavy (non-hydrogen) atoms. The quantitative estimate of drug-likeness (QED) is 0.743. The van der Waals surface area contributed by atoms with Crippen LogP contribution >= 0.6 is 11.8 Å². The van der Waals surface area contributed by atoms with Crippen LogP contribution in [0.25, 0.3) is 0 Å². The van der Waals surface area contributed by atoms with Crippen molar-refractivity contribution in [3.8, 4) is 0 Å². The Balaban J connectivity index is 2.24. The van der Waals surface area contributed by atoms with Gasteiger partial charge in [-0.25, -0.2) is 0 Å². The van der Waals surface area contributed by atoms with Crippen LogP contribution in [0.2, 0.25) is 0 Å². The zero-order valence-electron chi connectivity index (χ0n) is 7.06. The van der Waals surface area contributed by atoms with Crippen molar-refractivity contribution < 1.29 is 9.90 Å². The van der Waals surface area contributed by atoms with E-state index in [-0.39, 0.29) is 5.92 Å². The van der Waals surface area contributed by atoms with Gasteiger partial charge in [0.05, 0.1) is 5.92 Å². The summed E-state index contributed by atoms with van der Waals surface area (Å²) in [6, 6.07) is 8.02. The van der Waals surface area contributed by atoms with Crippen molar-refractivity contribution in [1.82, 2.24) is 0 Å². The molecule has 0 saturated carbocycles. The molecule has 3 heteroatoms. The summed E-state index contributed by atoms with van der Waals surface area (Å²) in [4.78, 5) is 12.0. The molecule has 1 aromatic carbocycles. The molecule has 0 saturated heterocycles. The number of aliphatic carboxylic acids is 1. The first-order valence-corrected chi connectivity index (χ1v) is 5.19. The lowest BCUT2D eigenvalue weighted by atomic mass is 10.0. The van der Waals surface area contributed by atoms with Crippen LogP contribution in [-0.2, 0) is 11.2 Å². The topological polar surface area (TPSA) is 37.3 Å². The lowest BCUT2D eigenvalue weighted by Gasteiger charge is -2.20. The SMILES string of the molecule is O=C(O)C1CSc2ccccc2C1. The molecular weight excluding hydrogens is 184 g/mol. The van der Waals surface area contributed by atoms with Gasteiger partial charge in [0, 0.05) is 10.6 Å². The molecule has 0 aromatic heterocycles. The summed E-state index contributed by atoms with van der Waals surface area (Å²) in [5.41, 5.74) is 1.17. The molecule has 0 amide bonds. The van der Waals surface area contributed by atoms with Gasteiger partial charge in [0.2, 0.25) is 0 Å². The third-order valence-corrected chi connectivity index (χ3v) is 3.51. The van der Waals surface area contributed by atoms with Crippen LogP contribution in [0.3, 0.4) is 0 Å². The summed E-state index contributed by atoms with van der Waals surface area (Å²) in [7, 11) is 0. The number of hydrogen-bond donors (Lipinski definition) is 1. The first-order valence-electron chi connectivity index (χ1n) is 4.21. The Labute approximate surface area is 81.0 Å². The van der Waals surface area contributed by atoms with Crippen molar-refractivity contribution in [3.63, 3.8) is 0 Å². The fraction of sp³-hybridized carbons (Fsp3) is 0.300. The number of rotatable bonds is 1. The largest absolute Gasteiger partial charge is 0.481 e. The summed E-state index contributed by atoms with van der Waals surface area (Å²) < 4.78 is 0. The fourth-order valence-electron chi connectivity index (χ4n) is 1.49. The summed E-state index contributed by atoms with van der Waals surface area (Å²) in [5.74, 6) is -0.186. The van der Waals surface area contributed by atoms with Crippen molar-refractivity contribution in [2.75, 3.05) is 5.75 Å². The Morgan fingerprint density at radius 1 is 1.46 bits per heavy atom. The van der Waals surface area contributed by atoms with E-state index in [1.165, 1.54) is 10.5 Å². The van der Waals surface area contributed by atoms with Crippen molar-refractivity contribution in [3.05, 3.63) is 29.8 Å². The minimum atomic E-state index is -0.679. The molecule has 1 atom stereocenters. The molecule has 1 aromatic rings. The molecular formula is C10H10O2S. The molecule has 0 bridgehead atoms. The molecule has 1 aliphatic heterocycles. The predicted octanol–water partition coefficient (Wildman–Crippen LogP) is 2.04. The molecule has 0 aliphatic carbocycles. The van der Waals surface area contributed by atoms with E-state index in [1.54, 1.807) is 11.8 Å². The maximum atomic E-state index is 10.8. The molecule has 1 unspecified atom stereocenters. The molecule has 0 radical (unpaired) electrons. The molecule has 2 rings (SSSR count). The normalized spacial score (nSPS) is 20.8. The van der Waals surface area contributed by atoms with E-state index in [1.807, 2.05) is 18.2 Å². The average molecular weight is 194 g/mol. The summed E-state index contributed by atoms with van der Waals surface area (Å²) in [6.45, 7) is 0. The van der Waals surface area contributed by atoms with E-state index in [2.05, 4.69) is 6.07 Å². The van der Waals surface area contributed by atoms with E-state index in [4.69, 9.17) is 5.11 Å². The monoisotopic (exact) mass is 194 g/mol. The Morgan fingerprint density at radius 2 is 2.23 bits per heavy atom. The smallest absolute Gasteiger partial charge is 0.307 e. The molecule has 0 spiro atoms. The van der Waals surface area contributed by atoms with Crippen LogP contribution in [-0.4, -0.2) is 16.8 Å². The molecule has 1 heterocycles. The van der Waals surface area contributed by atoms with Gasteiger partial charge in [0.15, 0.2) is 0 Å². The van der Waals surface area contributed by atoms with Crippen molar-refractivity contribution in [1.29, 1.82) is 0 Å². The van der Waals surface area contributed by atoms with E-state index < -0.39 is 5.97 Å². The van der Waals surface area contributed by atoms with Gasteiger partial charge in [-0.2, -0.15) is 0 Å². The Morgan fingerprint density at radius 3 is 3.00 bits per heavy atom. The second kappa shape index (κ2) is 3.42. The predicted molar refractivity (Wildman–Crippen MR) is 52.0 cm³/mol. The maximum absolute atomic E-state index is 10.8. The Bertz CT molecular complexity index is 335. The van der Waals surface area contributed by atoms with Gasteiger partial charge in [-0.1, -0.05) is 18.2 Å². The van der Waals surface area contributed by atoms with Gasteiger partial charge in [0.1, 0.15) is 0 Å². The van der Waals surface area contributed by atoms with Crippen molar-refractivity contribution >= 4 is 17.7 Å².